The lowest BCUT2D eigenvalue weighted by molar-refractivity contribution is 0.672. The lowest BCUT2D eigenvalue weighted by Gasteiger charge is -2.20. The van der Waals surface area contributed by atoms with E-state index < -0.39 is 0 Å². The number of nitrogens with zero attached hydrogens (tertiary/aromatic N) is 3. The van der Waals surface area contributed by atoms with Crippen molar-refractivity contribution >= 4 is 60.7 Å². The first-order valence-corrected chi connectivity index (χ1v) is 16.5. The van der Waals surface area contributed by atoms with E-state index in [-0.39, 0.29) is 0 Å². The number of benzene rings is 6. The minimum absolute atomic E-state index is 0.317. The van der Waals surface area contributed by atoms with Crippen LogP contribution in [0, 0.1) is 11.3 Å². The van der Waals surface area contributed by atoms with Crippen LogP contribution in [0.3, 0.4) is 0 Å². The maximum absolute atomic E-state index is 10.0. The van der Waals surface area contributed by atoms with Crippen molar-refractivity contribution in [2.45, 2.75) is 19.3 Å². The summed E-state index contributed by atoms with van der Waals surface area (Å²) in [5.41, 5.74) is 13.1. The lowest BCUT2D eigenvalue weighted by atomic mass is 9.95. The van der Waals surface area contributed by atoms with Crippen LogP contribution in [0.25, 0.3) is 83.2 Å². The highest BCUT2D eigenvalue weighted by molar-refractivity contribution is 6.17. The molecular weight excluding hydrogens is 587 g/mol. The molecule has 9 aromatic rings. The molecule has 0 aliphatic heterocycles. The molecule has 0 fully saturated rings. The molecule has 6 aromatic carbocycles. The van der Waals surface area contributed by atoms with Gasteiger partial charge in [0, 0.05) is 44.1 Å². The molecule has 0 bridgehead atoms. The highest BCUT2D eigenvalue weighted by atomic mass is 16.3. The van der Waals surface area contributed by atoms with E-state index >= 15 is 0 Å². The van der Waals surface area contributed by atoms with E-state index in [9.17, 15) is 5.26 Å². The fourth-order valence-electron chi connectivity index (χ4n) is 8.10. The molecule has 0 radical (unpaired) electrons. The third kappa shape index (κ3) is 3.76. The zero-order chi connectivity index (χ0) is 31.8. The van der Waals surface area contributed by atoms with Crippen molar-refractivity contribution in [3.63, 3.8) is 0 Å². The maximum atomic E-state index is 10.0. The molecule has 0 unspecified atom stereocenters. The van der Waals surface area contributed by atoms with Crippen molar-refractivity contribution in [1.29, 1.82) is 5.26 Å². The van der Waals surface area contributed by atoms with Crippen molar-refractivity contribution in [3.8, 4) is 28.6 Å². The molecule has 10 rings (SSSR count). The molecule has 0 atom stereocenters. The second-order valence-electron chi connectivity index (χ2n) is 12.6. The van der Waals surface area contributed by atoms with Crippen molar-refractivity contribution < 1.29 is 4.42 Å². The zero-order valence-electron chi connectivity index (χ0n) is 26.2. The minimum Gasteiger partial charge on any atom is -0.455 e. The van der Waals surface area contributed by atoms with Gasteiger partial charge in [-0.15, -0.1) is 0 Å². The van der Waals surface area contributed by atoms with Crippen molar-refractivity contribution in [1.82, 2.24) is 9.13 Å². The van der Waals surface area contributed by atoms with Gasteiger partial charge < -0.3 is 13.6 Å². The molecule has 4 heteroatoms. The van der Waals surface area contributed by atoms with Gasteiger partial charge in [-0.1, -0.05) is 91.0 Å². The average molecular weight is 616 g/mol. The van der Waals surface area contributed by atoms with Crippen LogP contribution in [0.15, 0.2) is 138 Å². The summed E-state index contributed by atoms with van der Waals surface area (Å²) < 4.78 is 11.4. The number of hydrogen-bond donors (Lipinski definition) is 0. The molecule has 0 amide bonds. The van der Waals surface area contributed by atoms with Crippen molar-refractivity contribution in [2.24, 2.45) is 0 Å². The molecule has 1 aliphatic carbocycles. The number of furan rings is 1. The van der Waals surface area contributed by atoms with E-state index in [1.54, 1.807) is 0 Å². The quantitative estimate of drug-likeness (QED) is 0.198. The van der Waals surface area contributed by atoms with E-state index in [2.05, 4.69) is 143 Å². The first kappa shape index (κ1) is 26.9. The SMILES string of the molecule is N#CCc1cccc(-n2c3c(c4c5oc6ccccc6c5ccc42)C=CCC3)c1-c1cccc(-n2c3ccccc3c3ccccc32)c1. The van der Waals surface area contributed by atoms with Gasteiger partial charge in [0.2, 0.25) is 0 Å². The van der Waals surface area contributed by atoms with Gasteiger partial charge in [0.25, 0.3) is 0 Å². The summed E-state index contributed by atoms with van der Waals surface area (Å²) in [6, 6.07) is 47.6. The molecule has 0 spiro atoms. The molecular formula is C44H29N3O. The van der Waals surface area contributed by atoms with Gasteiger partial charge in [-0.25, -0.2) is 0 Å². The average Bonchev–Trinajstić information content (AvgIpc) is 3.79. The first-order valence-electron chi connectivity index (χ1n) is 16.5. The number of aromatic nitrogens is 2. The number of fused-ring (bicyclic) bond motifs is 10. The largest absolute Gasteiger partial charge is 0.455 e. The van der Waals surface area contributed by atoms with Crippen LogP contribution in [0.2, 0.25) is 0 Å². The number of nitriles is 1. The predicted molar refractivity (Wildman–Crippen MR) is 197 cm³/mol. The molecule has 4 nitrogen and oxygen atoms in total. The van der Waals surface area contributed by atoms with Crippen LogP contribution < -0.4 is 0 Å². The van der Waals surface area contributed by atoms with Crippen LogP contribution in [-0.2, 0) is 12.8 Å². The second-order valence-corrected chi connectivity index (χ2v) is 12.6. The summed E-state index contributed by atoms with van der Waals surface area (Å²) in [6.07, 6.45) is 6.76. The third-order valence-electron chi connectivity index (χ3n) is 10.1. The summed E-state index contributed by atoms with van der Waals surface area (Å²) >= 11 is 0. The summed E-state index contributed by atoms with van der Waals surface area (Å²) in [7, 11) is 0. The second kappa shape index (κ2) is 10.4. The Labute approximate surface area is 277 Å². The molecule has 3 heterocycles. The van der Waals surface area contributed by atoms with E-state index in [1.807, 2.05) is 12.1 Å². The Morgan fingerprint density at radius 1 is 0.667 bits per heavy atom. The van der Waals surface area contributed by atoms with Crippen LogP contribution >= 0.6 is 0 Å². The molecule has 3 aromatic heterocycles. The number of rotatable bonds is 4. The number of allylic oxidation sites excluding steroid dienone is 1. The number of hydrogen-bond acceptors (Lipinski definition) is 2. The molecule has 226 valence electrons. The van der Waals surface area contributed by atoms with Crippen molar-refractivity contribution in [2.75, 3.05) is 0 Å². The molecule has 0 saturated carbocycles. The van der Waals surface area contributed by atoms with Crippen molar-refractivity contribution in [3.05, 3.63) is 150 Å². The lowest BCUT2D eigenvalue weighted by Crippen LogP contribution is -2.06. The monoisotopic (exact) mass is 615 g/mol. The van der Waals surface area contributed by atoms with E-state index in [0.29, 0.717) is 6.42 Å². The molecule has 1 aliphatic rings. The highest BCUT2D eigenvalue weighted by Crippen LogP contribution is 2.44. The molecule has 0 N–H and O–H groups in total. The predicted octanol–water partition coefficient (Wildman–Crippen LogP) is 11.3. The van der Waals surface area contributed by atoms with Crippen LogP contribution in [0.5, 0.6) is 0 Å². The van der Waals surface area contributed by atoms with Gasteiger partial charge in [0.1, 0.15) is 11.2 Å². The Kier molecular flexibility index (Phi) is 5.79. The van der Waals surface area contributed by atoms with E-state index in [1.165, 1.54) is 33.1 Å². The summed E-state index contributed by atoms with van der Waals surface area (Å²) in [4.78, 5) is 0. The van der Waals surface area contributed by atoms with Gasteiger partial charge >= 0.3 is 0 Å². The van der Waals surface area contributed by atoms with E-state index in [4.69, 9.17) is 4.42 Å². The Morgan fingerprint density at radius 2 is 1.42 bits per heavy atom. The van der Waals surface area contributed by atoms with Crippen LogP contribution in [-0.4, -0.2) is 9.13 Å². The van der Waals surface area contributed by atoms with Gasteiger partial charge in [0.05, 0.1) is 40.1 Å². The summed E-state index contributed by atoms with van der Waals surface area (Å²) in [6.45, 7) is 0. The number of para-hydroxylation sites is 3. The van der Waals surface area contributed by atoms with Crippen LogP contribution in [0.4, 0.5) is 0 Å². The van der Waals surface area contributed by atoms with Gasteiger partial charge in [-0.05, 0) is 72.5 Å². The van der Waals surface area contributed by atoms with Gasteiger partial charge in [0.15, 0.2) is 0 Å². The first-order chi connectivity index (χ1) is 23.8. The van der Waals surface area contributed by atoms with Crippen LogP contribution in [0.1, 0.15) is 23.2 Å². The Bertz CT molecular complexity index is 2780. The smallest absolute Gasteiger partial charge is 0.145 e. The fraction of sp³-hybridized carbons (Fsp3) is 0.0682. The normalized spacial score (nSPS) is 12.8. The Hall–Kier alpha value is -6.31. The molecule has 0 saturated heterocycles. The fourth-order valence-corrected chi connectivity index (χ4v) is 8.10. The van der Waals surface area contributed by atoms with E-state index in [0.717, 1.165) is 73.7 Å². The van der Waals surface area contributed by atoms with Gasteiger partial charge in [-0.3, -0.25) is 0 Å². The highest BCUT2D eigenvalue weighted by Gasteiger charge is 2.25. The Morgan fingerprint density at radius 3 is 2.23 bits per heavy atom. The molecule has 48 heavy (non-hydrogen) atoms. The third-order valence-corrected chi connectivity index (χ3v) is 10.1. The summed E-state index contributed by atoms with van der Waals surface area (Å²) in [5.74, 6) is 0. The summed E-state index contributed by atoms with van der Waals surface area (Å²) in [5, 5.41) is 15.9. The Balaban J connectivity index is 1.26. The minimum atomic E-state index is 0.317. The zero-order valence-corrected chi connectivity index (χ0v) is 26.2. The van der Waals surface area contributed by atoms with Gasteiger partial charge in [-0.2, -0.15) is 5.26 Å². The standard InChI is InChI=1S/C44H29N3O/c45-26-25-28-11-10-21-39(42(28)29-12-9-13-30(27-29)46-36-18-5-1-14-31(36)32-15-2-6-19-37(32)46)47-38-20-7-3-17-35(38)43-40(47)24-23-34-33-16-4-8-22-41(33)48-44(34)43/h1-6,8-19,21-24,27H,7,20,25H2. The topological polar surface area (TPSA) is 46.8 Å². The maximum Gasteiger partial charge on any atom is 0.145 e.